The van der Waals surface area contributed by atoms with Gasteiger partial charge in [0.15, 0.2) is 5.82 Å². The summed E-state index contributed by atoms with van der Waals surface area (Å²) >= 11 is 0. The fourth-order valence-electron chi connectivity index (χ4n) is 3.20. The van der Waals surface area contributed by atoms with Gasteiger partial charge in [0, 0.05) is 39.6 Å². The van der Waals surface area contributed by atoms with E-state index in [4.69, 9.17) is 4.52 Å². The van der Waals surface area contributed by atoms with Crippen LogP contribution < -0.4 is 5.32 Å². The summed E-state index contributed by atoms with van der Waals surface area (Å²) in [5.74, 6) is 2.62. The highest BCUT2D eigenvalue weighted by atomic mass is 16.5. The van der Waals surface area contributed by atoms with Gasteiger partial charge in [-0.15, -0.1) is 0 Å². The van der Waals surface area contributed by atoms with Crippen LogP contribution in [-0.4, -0.2) is 59.2 Å². The molecule has 7 nitrogen and oxygen atoms in total. The molecule has 130 valence electrons. The summed E-state index contributed by atoms with van der Waals surface area (Å²) in [6.45, 7) is 10.7. The Balaban J connectivity index is 1.69. The lowest BCUT2D eigenvalue weighted by Crippen LogP contribution is -2.45. The van der Waals surface area contributed by atoms with Gasteiger partial charge in [-0.3, -0.25) is 0 Å². The topological polar surface area (TPSA) is 74.5 Å². The molecular formula is C16H29N5O2. The van der Waals surface area contributed by atoms with Crippen LogP contribution in [0.1, 0.15) is 38.9 Å². The molecule has 1 saturated heterocycles. The molecule has 2 amide bonds. The lowest BCUT2D eigenvalue weighted by Gasteiger charge is -2.35. The molecule has 0 aliphatic carbocycles. The lowest BCUT2D eigenvalue weighted by molar-refractivity contribution is 0.140. The minimum atomic E-state index is -0.112. The van der Waals surface area contributed by atoms with Gasteiger partial charge < -0.3 is 19.6 Å². The molecule has 2 rings (SSSR count). The zero-order valence-electron chi connectivity index (χ0n) is 14.7. The maximum absolute atomic E-state index is 12.1. The number of likely N-dealkylation sites (tertiary alicyclic amines) is 1. The number of piperidine rings is 1. The van der Waals surface area contributed by atoms with E-state index in [9.17, 15) is 4.79 Å². The van der Waals surface area contributed by atoms with E-state index in [0.29, 0.717) is 24.8 Å². The third-order valence-electron chi connectivity index (χ3n) is 4.19. The van der Waals surface area contributed by atoms with E-state index in [-0.39, 0.29) is 6.03 Å². The molecule has 1 aliphatic rings. The third-order valence-corrected chi connectivity index (χ3v) is 4.19. The van der Waals surface area contributed by atoms with E-state index in [1.807, 2.05) is 6.92 Å². The molecule has 1 aromatic rings. The summed E-state index contributed by atoms with van der Waals surface area (Å²) in [7, 11) is 1.73. The number of rotatable bonds is 6. The standard InChI is InChI=1S/C16H29N5O2/c1-5-14-18-15(23-19-14)11-20(4)16(22)17-6-7-21-9-12(2)8-13(3)10-21/h12-13H,5-11H2,1-4H3,(H,17,22). The minimum absolute atomic E-state index is 0.112. The number of nitrogens with zero attached hydrogens (tertiary/aromatic N) is 4. The van der Waals surface area contributed by atoms with Gasteiger partial charge in [0.25, 0.3) is 0 Å². The summed E-state index contributed by atoms with van der Waals surface area (Å²) < 4.78 is 5.11. The van der Waals surface area contributed by atoms with E-state index >= 15 is 0 Å². The maximum atomic E-state index is 12.1. The van der Waals surface area contributed by atoms with Crippen molar-refractivity contribution < 1.29 is 9.32 Å². The first-order chi connectivity index (χ1) is 11.0. The molecule has 1 aromatic heterocycles. The number of nitrogens with one attached hydrogen (secondary N) is 1. The van der Waals surface area contributed by atoms with Gasteiger partial charge >= 0.3 is 6.03 Å². The van der Waals surface area contributed by atoms with Crippen molar-refractivity contribution in [2.45, 2.75) is 40.2 Å². The highest BCUT2D eigenvalue weighted by molar-refractivity contribution is 5.73. The molecule has 2 atom stereocenters. The molecular weight excluding hydrogens is 294 g/mol. The van der Waals surface area contributed by atoms with Gasteiger partial charge in [-0.25, -0.2) is 4.79 Å². The largest absolute Gasteiger partial charge is 0.337 e. The van der Waals surface area contributed by atoms with Crippen LogP contribution >= 0.6 is 0 Å². The van der Waals surface area contributed by atoms with Crippen molar-refractivity contribution in [2.24, 2.45) is 11.8 Å². The van der Waals surface area contributed by atoms with Crippen molar-refractivity contribution in [3.8, 4) is 0 Å². The Bertz CT molecular complexity index is 494. The third kappa shape index (κ3) is 5.49. The number of carbonyl (C=O) groups is 1. The predicted molar refractivity (Wildman–Crippen MR) is 87.9 cm³/mol. The number of hydrogen-bond donors (Lipinski definition) is 1. The number of aromatic nitrogens is 2. The van der Waals surface area contributed by atoms with Crippen molar-refractivity contribution in [3.63, 3.8) is 0 Å². The zero-order chi connectivity index (χ0) is 16.8. The van der Waals surface area contributed by atoms with Crippen molar-refractivity contribution in [2.75, 3.05) is 33.2 Å². The Morgan fingerprint density at radius 2 is 2.09 bits per heavy atom. The first kappa shape index (κ1) is 17.7. The highest BCUT2D eigenvalue weighted by Gasteiger charge is 2.21. The van der Waals surface area contributed by atoms with Crippen LogP contribution in [0.25, 0.3) is 0 Å². The SMILES string of the molecule is CCc1noc(CN(C)C(=O)NCCN2CC(C)CC(C)C2)n1. The monoisotopic (exact) mass is 323 g/mol. The molecule has 2 heterocycles. The summed E-state index contributed by atoms with van der Waals surface area (Å²) in [4.78, 5) is 20.3. The Labute approximate surface area is 138 Å². The van der Waals surface area contributed by atoms with Crippen LogP contribution in [0.15, 0.2) is 4.52 Å². The molecule has 1 fully saturated rings. The maximum Gasteiger partial charge on any atom is 0.317 e. The summed E-state index contributed by atoms with van der Waals surface area (Å²) in [6, 6.07) is -0.112. The number of aryl methyl sites for hydroxylation is 1. The fraction of sp³-hybridized carbons (Fsp3) is 0.812. The van der Waals surface area contributed by atoms with E-state index in [1.54, 1.807) is 11.9 Å². The molecule has 0 saturated carbocycles. The molecule has 0 spiro atoms. The van der Waals surface area contributed by atoms with Gasteiger partial charge in [-0.2, -0.15) is 4.98 Å². The van der Waals surface area contributed by atoms with Crippen LogP contribution in [-0.2, 0) is 13.0 Å². The van der Waals surface area contributed by atoms with E-state index in [1.165, 1.54) is 6.42 Å². The fourth-order valence-corrected chi connectivity index (χ4v) is 3.20. The Morgan fingerprint density at radius 1 is 1.39 bits per heavy atom. The van der Waals surface area contributed by atoms with Crippen LogP contribution in [0.5, 0.6) is 0 Å². The molecule has 23 heavy (non-hydrogen) atoms. The molecule has 7 heteroatoms. The lowest BCUT2D eigenvalue weighted by atomic mass is 9.92. The van der Waals surface area contributed by atoms with Crippen LogP contribution in [0, 0.1) is 11.8 Å². The summed E-state index contributed by atoms with van der Waals surface area (Å²) in [6.07, 6.45) is 2.03. The normalized spacial score (nSPS) is 22.1. The first-order valence-electron chi connectivity index (χ1n) is 8.50. The number of hydrogen-bond acceptors (Lipinski definition) is 5. The Kier molecular flexibility index (Phi) is 6.38. The van der Waals surface area contributed by atoms with Crippen LogP contribution in [0.2, 0.25) is 0 Å². The quantitative estimate of drug-likeness (QED) is 0.863. The number of urea groups is 1. The van der Waals surface area contributed by atoms with Gasteiger partial charge in [0.2, 0.25) is 5.89 Å². The molecule has 0 radical (unpaired) electrons. The van der Waals surface area contributed by atoms with Crippen molar-refractivity contribution in [1.82, 2.24) is 25.3 Å². The Hall–Kier alpha value is -1.63. The average molecular weight is 323 g/mol. The second-order valence-electron chi connectivity index (χ2n) is 6.75. The van der Waals surface area contributed by atoms with E-state index in [2.05, 4.69) is 34.2 Å². The molecule has 2 unspecified atom stereocenters. The summed E-state index contributed by atoms with van der Waals surface area (Å²) in [5, 5.41) is 6.79. The number of carbonyl (C=O) groups excluding carboxylic acids is 1. The van der Waals surface area contributed by atoms with E-state index in [0.717, 1.165) is 37.9 Å². The Morgan fingerprint density at radius 3 is 2.70 bits per heavy atom. The highest BCUT2D eigenvalue weighted by Crippen LogP contribution is 2.20. The minimum Gasteiger partial charge on any atom is -0.337 e. The second kappa shape index (κ2) is 8.29. The smallest absolute Gasteiger partial charge is 0.317 e. The molecule has 1 aliphatic heterocycles. The molecule has 0 bridgehead atoms. The first-order valence-corrected chi connectivity index (χ1v) is 8.50. The zero-order valence-corrected chi connectivity index (χ0v) is 14.7. The van der Waals surface area contributed by atoms with E-state index < -0.39 is 0 Å². The second-order valence-corrected chi connectivity index (χ2v) is 6.75. The number of amides is 2. The predicted octanol–water partition coefficient (Wildman–Crippen LogP) is 1.75. The van der Waals surface area contributed by atoms with Crippen LogP contribution in [0.4, 0.5) is 4.79 Å². The summed E-state index contributed by atoms with van der Waals surface area (Å²) in [5.41, 5.74) is 0. The van der Waals surface area contributed by atoms with Gasteiger partial charge in [-0.05, 0) is 18.3 Å². The van der Waals surface area contributed by atoms with Crippen LogP contribution in [0.3, 0.4) is 0 Å². The van der Waals surface area contributed by atoms with Crippen molar-refractivity contribution >= 4 is 6.03 Å². The molecule has 1 N–H and O–H groups in total. The van der Waals surface area contributed by atoms with Gasteiger partial charge in [-0.1, -0.05) is 25.9 Å². The average Bonchev–Trinajstić information content (AvgIpc) is 2.93. The van der Waals surface area contributed by atoms with Gasteiger partial charge in [0.05, 0.1) is 0 Å². The molecule has 0 aromatic carbocycles. The van der Waals surface area contributed by atoms with Crippen molar-refractivity contribution in [3.05, 3.63) is 11.7 Å². The van der Waals surface area contributed by atoms with Crippen molar-refractivity contribution in [1.29, 1.82) is 0 Å². The van der Waals surface area contributed by atoms with Gasteiger partial charge in [0.1, 0.15) is 6.54 Å².